The molecular formula is C25H27N2O3-. The van der Waals surface area contributed by atoms with E-state index >= 15 is 0 Å². The normalized spacial score (nSPS) is 21.6. The number of carbonyl (C=O) groups is 2. The lowest BCUT2D eigenvalue weighted by molar-refractivity contribution is -0.305. The molecule has 30 heavy (non-hydrogen) atoms. The predicted molar refractivity (Wildman–Crippen MR) is 115 cm³/mol. The van der Waals surface area contributed by atoms with Crippen molar-refractivity contribution < 1.29 is 14.7 Å². The van der Waals surface area contributed by atoms with Crippen LogP contribution >= 0.6 is 0 Å². The first kappa shape index (κ1) is 20.2. The van der Waals surface area contributed by atoms with Gasteiger partial charge >= 0.3 is 0 Å². The summed E-state index contributed by atoms with van der Waals surface area (Å²) < 4.78 is 0. The summed E-state index contributed by atoms with van der Waals surface area (Å²) in [6.45, 7) is 4.47. The van der Waals surface area contributed by atoms with E-state index in [0.717, 1.165) is 17.7 Å². The van der Waals surface area contributed by atoms with E-state index < -0.39 is 5.97 Å². The van der Waals surface area contributed by atoms with Crippen molar-refractivity contribution in [2.24, 2.45) is 5.92 Å². The third-order valence-electron chi connectivity index (χ3n) is 6.20. The van der Waals surface area contributed by atoms with E-state index in [-0.39, 0.29) is 30.8 Å². The van der Waals surface area contributed by atoms with Gasteiger partial charge in [0.1, 0.15) is 0 Å². The Balaban J connectivity index is 1.57. The first-order chi connectivity index (χ1) is 14.4. The molecule has 3 atom stereocenters. The minimum atomic E-state index is -1.17. The molecule has 1 heterocycles. The van der Waals surface area contributed by atoms with Crippen LogP contribution in [0.2, 0.25) is 0 Å². The average Bonchev–Trinajstić information content (AvgIpc) is 3.23. The number of hydrogen-bond donors (Lipinski definition) is 2. The lowest BCUT2D eigenvalue weighted by Crippen LogP contribution is -2.32. The fourth-order valence-electron chi connectivity index (χ4n) is 4.53. The van der Waals surface area contributed by atoms with Gasteiger partial charge in [-0.15, -0.1) is 0 Å². The number of allylic oxidation sites excluding steroid dienone is 2. The van der Waals surface area contributed by atoms with Crippen LogP contribution in [0.15, 0.2) is 54.6 Å². The summed E-state index contributed by atoms with van der Waals surface area (Å²) in [5.41, 5.74) is 5.34. The van der Waals surface area contributed by atoms with Gasteiger partial charge in [0.05, 0.1) is 6.04 Å². The zero-order valence-corrected chi connectivity index (χ0v) is 17.4. The van der Waals surface area contributed by atoms with Crippen molar-refractivity contribution in [3.05, 3.63) is 76.9 Å². The summed E-state index contributed by atoms with van der Waals surface area (Å²) in [5.74, 6) is -0.262. The van der Waals surface area contributed by atoms with Gasteiger partial charge in [-0.2, -0.15) is 0 Å². The second-order valence-corrected chi connectivity index (χ2v) is 8.48. The number of amides is 1. The second-order valence-electron chi connectivity index (χ2n) is 8.48. The van der Waals surface area contributed by atoms with Crippen LogP contribution in [0.3, 0.4) is 0 Å². The summed E-state index contributed by atoms with van der Waals surface area (Å²) in [6.07, 6.45) is 5.28. The highest BCUT2D eigenvalue weighted by molar-refractivity contribution is 5.95. The minimum absolute atomic E-state index is 0.0664. The maximum absolute atomic E-state index is 12.4. The quantitative estimate of drug-likeness (QED) is 0.724. The molecule has 4 rings (SSSR count). The number of anilines is 1. The molecular weight excluding hydrogens is 376 g/mol. The Hall–Kier alpha value is -3.08. The highest BCUT2D eigenvalue weighted by Gasteiger charge is 2.38. The molecule has 1 aliphatic heterocycles. The van der Waals surface area contributed by atoms with E-state index in [2.05, 4.69) is 60.9 Å². The zero-order valence-electron chi connectivity index (χ0n) is 17.4. The van der Waals surface area contributed by atoms with Crippen molar-refractivity contribution in [1.29, 1.82) is 0 Å². The van der Waals surface area contributed by atoms with Gasteiger partial charge in [-0.25, -0.2) is 0 Å². The standard InChI is InChI=1S/C25H28N2O3/c1-15(2)16-6-8-17(9-7-16)24-20-5-3-4-19(20)21-14-18(10-11-22(21)27-24)25(30)26-13-12-23(28)29/h3-4,6-11,14-15,19-20,24,27H,5,12-13H2,1-2H3,(H,26,30)(H,28,29)/p-1/t19-,20+,24+/m0/s1. The fourth-order valence-corrected chi connectivity index (χ4v) is 4.53. The van der Waals surface area contributed by atoms with Gasteiger partial charge in [-0.05, 0) is 53.1 Å². The molecule has 5 heteroatoms. The number of benzene rings is 2. The molecule has 2 aromatic carbocycles. The monoisotopic (exact) mass is 403 g/mol. The lowest BCUT2D eigenvalue weighted by atomic mass is 9.76. The van der Waals surface area contributed by atoms with E-state index in [4.69, 9.17) is 0 Å². The molecule has 0 radical (unpaired) electrons. The average molecular weight is 404 g/mol. The highest BCUT2D eigenvalue weighted by atomic mass is 16.4. The Morgan fingerprint density at radius 3 is 2.63 bits per heavy atom. The van der Waals surface area contributed by atoms with E-state index in [1.165, 1.54) is 11.1 Å². The van der Waals surface area contributed by atoms with E-state index in [1.54, 1.807) is 6.07 Å². The number of fused-ring (bicyclic) bond motifs is 3. The smallest absolute Gasteiger partial charge is 0.251 e. The van der Waals surface area contributed by atoms with Crippen LogP contribution in [-0.2, 0) is 4.79 Å². The van der Waals surface area contributed by atoms with Crippen LogP contribution in [-0.4, -0.2) is 18.4 Å². The SMILES string of the molecule is CC(C)c1ccc([C@H]2Nc3ccc(C(=O)NCCC(=O)[O-])cc3[C@H]3C=CC[C@H]32)cc1. The largest absolute Gasteiger partial charge is 0.550 e. The van der Waals surface area contributed by atoms with E-state index in [0.29, 0.717) is 17.4 Å². The molecule has 0 saturated heterocycles. The minimum Gasteiger partial charge on any atom is -0.550 e. The molecule has 0 unspecified atom stereocenters. The maximum atomic E-state index is 12.4. The van der Waals surface area contributed by atoms with Crippen LogP contribution in [0.5, 0.6) is 0 Å². The van der Waals surface area contributed by atoms with Crippen LogP contribution in [0.25, 0.3) is 0 Å². The topological polar surface area (TPSA) is 81.3 Å². The Kier molecular flexibility index (Phi) is 5.62. The molecule has 0 spiro atoms. The summed E-state index contributed by atoms with van der Waals surface area (Å²) >= 11 is 0. The summed E-state index contributed by atoms with van der Waals surface area (Å²) in [5, 5.41) is 16.9. The predicted octanol–water partition coefficient (Wildman–Crippen LogP) is 3.51. The lowest BCUT2D eigenvalue weighted by Gasteiger charge is -2.37. The van der Waals surface area contributed by atoms with Gasteiger partial charge in [0.15, 0.2) is 0 Å². The van der Waals surface area contributed by atoms with Gasteiger partial charge < -0.3 is 20.5 Å². The molecule has 5 nitrogen and oxygen atoms in total. The fraction of sp³-hybridized carbons (Fsp3) is 0.360. The number of carbonyl (C=O) groups excluding carboxylic acids is 2. The molecule has 0 bridgehead atoms. The van der Waals surface area contributed by atoms with Gasteiger partial charge in [-0.1, -0.05) is 50.3 Å². The molecule has 156 valence electrons. The zero-order chi connectivity index (χ0) is 21.3. The number of carboxylic acid groups (broad SMARTS) is 1. The molecule has 0 saturated carbocycles. The number of rotatable bonds is 6. The van der Waals surface area contributed by atoms with Gasteiger partial charge in [-0.3, -0.25) is 4.79 Å². The Labute approximate surface area is 177 Å². The number of aliphatic carboxylic acids is 1. The van der Waals surface area contributed by atoms with Crippen molar-refractivity contribution in [1.82, 2.24) is 5.32 Å². The molecule has 2 aromatic rings. The van der Waals surface area contributed by atoms with E-state index in [9.17, 15) is 14.7 Å². The van der Waals surface area contributed by atoms with Crippen molar-refractivity contribution >= 4 is 17.6 Å². The van der Waals surface area contributed by atoms with Gasteiger partial charge in [0.2, 0.25) is 0 Å². The summed E-state index contributed by atoms with van der Waals surface area (Å²) in [7, 11) is 0. The van der Waals surface area contributed by atoms with Crippen molar-refractivity contribution in [3.8, 4) is 0 Å². The van der Waals surface area contributed by atoms with Crippen molar-refractivity contribution in [2.75, 3.05) is 11.9 Å². The van der Waals surface area contributed by atoms with Crippen LogP contribution in [0.1, 0.15) is 71.6 Å². The maximum Gasteiger partial charge on any atom is 0.251 e. The van der Waals surface area contributed by atoms with Crippen LogP contribution in [0, 0.1) is 5.92 Å². The first-order valence-electron chi connectivity index (χ1n) is 10.6. The molecule has 1 aliphatic carbocycles. The molecule has 0 aromatic heterocycles. The number of hydrogen-bond acceptors (Lipinski definition) is 4. The highest BCUT2D eigenvalue weighted by Crippen LogP contribution is 2.50. The second kappa shape index (κ2) is 8.34. The van der Waals surface area contributed by atoms with E-state index in [1.807, 2.05) is 12.1 Å². The third kappa shape index (κ3) is 3.97. The van der Waals surface area contributed by atoms with Gasteiger partial charge in [0, 0.05) is 36.1 Å². The summed E-state index contributed by atoms with van der Waals surface area (Å²) in [6, 6.07) is 14.8. The Morgan fingerprint density at radius 2 is 1.93 bits per heavy atom. The van der Waals surface area contributed by atoms with Crippen molar-refractivity contribution in [3.63, 3.8) is 0 Å². The summed E-state index contributed by atoms with van der Waals surface area (Å²) in [4.78, 5) is 23.0. The van der Waals surface area contributed by atoms with Crippen molar-refractivity contribution in [2.45, 2.75) is 44.6 Å². The Morgan fingerprint density at radius 1 is 1.17 bits per heavy atom. The van der Waals surface area contributed by atoms with Gasteiger partial charge in [0.25, 0.3) is 5.91 Å². The Bertz CT molecular complexity index is 978. The molecule has 0 fully saturated rings. The first-order valence-corrected chi connectivity index (χ1v) is 10.6. The third-order valence-corrected chi connectivity index (χ3v) is 6.20. The molecule has 1 amide bonds. The van der Waals surface area contributed by atoms with Crippen LogP contribution < -0.4 is 15.7 Å². The van der Waals surface area contributed by atoms with Crippen LogP contribution in [0.4, 0.5) is 5.69 Å². The molecule has 2 aliphatic rings. The molecule has 2 N–H and O–H groups in total. The number of carboxylic acids is 1. The number of nitrogens with one attached hydrogen (secondary N) is 2.